The molecule has 1 aromatic rings. The summed E-state index contributed by atoms with van der Waals surface area (Å²) in [5.74, 6) is 1.14. The van der Waals surface area contributed by atoms with Gasteiger partial charge in [-0.1, -0.05) is 13.8 Å². The lowest BCUT2D eigenvalue weighted by molar-refractivity contribution is 0.0531. The minimum atomic E-state index is -0.301. The van der Waals surface area contributed by atoms with Crippen LogP contribution in [0.15, 0.2) is 4.99 Å². The number of aryl methyl sites for hydroxylation is 1. The average molecular weight is 538 g/mol. The highest BCUT2D eigenvalue weighted by Crippen LogP contribution is 2.24. The van der Waals surface area contributed by atoms with Crippen molar-refractivity contribution in [3.8, 4) is 0 Å². The van der Waals surface area contributed by atoms with E-state index in [4.69, 9.17) is 4.74 Å². The molecule has 2 N–H and O–H groups in total. The van der Waals surface area contributed by atoms with Crippen LogP contribution in [0.4, 0.5) is 0 Å². The number of hydrogen-bond acceptors (Lipinski definition) is 6. The van der Waals surface area contributed by atoms with Crippen molar-refractivity contribution in [2.75, 3.05) is 33.3 Å². The number of likely N-dealkylation sites (tertiary alicyclic amines) is 1. The van der Waals surface area contributed by atoms with Crippen molar-refractivity contribution in [1.29, 1.82) is 0 Å². The maximum Gasteiger partial charge on any atom is 0.350 e. The largest absolute Gasteiger partial charge is 0.462 e. The van der Waals surface area contributed by atoms with Gasteiger partial charge in [0.2, 0.25) is 0 Å². The molecule has 0 amide bonds. The highest BCUT2D eigenvalue weighted by molar-refractivity contribution is 14.0. The van der Waals surface area contributed by atoms with E-state index in [0.717, 1.165) is 24.1 Å². The third-order valence-electron chi connectivity index (χ3n) is 4.83. The Balaban J connectivity index is 0.00000420. The van der Waals surface area contributed by atoms with E-state index in [1.807, 2.05) is 20.8 Å². The third-order valence-corrected chi connectivity index (χ3v) is 6.15. The summed E-state index contributed by atoms with van der Waals surface area (Å²) in [5, 5.41) is 7.70. The molecule has 9 heteroatoms. The Morgan fingerprint density at radius 2 is 2.14 bits per heavy atom. The predicted molar refractivity (Wildman–Crippen MR) is 131 cm³/mol. The minimum Gasteiger partial charge on any atom is -0.462 e. The SMILES string of the molecule is CCOC(=O)c1sc(C(C)NC(=NC)NC[C@H]2CCCN2CC(C)C)nc1C.I. The molecule has 0 aromatic carbocycles. The van der Waals surface area contributed by atoms with Gasteiger partial charge < -0.3 is 15.4 Å². The Morgan fingerprint density at radius 1 is 1.41 bits per heavy atom. The van der Waals surface area contributed by atoms with Gasteiger partial charge in [-0.15, -0.1) is 35.3 Å². The van der Waals surface area contributed by atoms with Crippen LogP contribution in [0.3, 0.4) is 0 Å². The molecule has 0 spiro atoms. The lowest BCUT2D eigenvalue weighted by Crippen LogP contribution is -2.46. The average Bonchev–Trinajstić information content (AvgIpc) is 3.24. The second-order valence-corrected chi connectivity index (χ2v) is 8.72. The topological polar surface area (TPSA) is 78.8 Å². The van der Waals surface area contributed by atoms with Gasteiger partial charge in [0, 0.05) is 26.2 Å². The lowest BCUT2D eigenvalue weighted by atomic mass is 10.1. The Bertz CT molecular complexity index is 680. The van der Waals surface area contributed by atoms with E-state index in [-0.39, 0.29) is 36.0 Å². The van der Waals surface area contributed by atoms with Crippen LogP contribution in [-0.4, -0.2) is 61.1 Å². The maximum absolute atomic E-state index is 12.0. The standard InChI is InChI=1S/C20H35N5O2S.HI/c1-7-27-19(26)17-14(4)23-18(28-17)15(5)24-20(21-6)22-11-16-9-8-10-25(16)12-13(2)3;/h13,15-16H,7-12H2,1-6H3,(H2,21,22,24);1H/t15?,16-;/m1./s1. The summed E-state index contributed by atoms with van der Waals surface area (Å²) in [6, 6.07) is 0.502. The van der Waals surface area contributed by atoms with Crippen LogP contribution >= 0.6 is 35.3 Å². The molecule has 29 heavy (non-hydrogen) atoms. The van der Waals surface area contributed by atoms with E-state index in [9.17, 15) is 4.79 Å². The van der Waals surface area contributed by atoms with Gasteiger partial charge in [-0.25, -0.2) is 9.78 Å². The first kappa shape index (κ1) is 26.1. The van der Waals surface area contributed by atoms with Gasteiger partial charge in [-0.2, -0.15) is 0 Å². The zero-order valence-corrected chi connectivity index (χ0v) is 21.6. The van der Waals surface area contributed by atoms with E-state index < -0.39 is 0 Å². The number of ether oxygens (including phenoxy) is 1. The third kappa shape index (κ3) is 7.67. The van der Waals surface area contributed by atoms with E-state index in [0.29, 0.717) is 29.1 Å². The van der Waals surface area contributed by atoms with Crippen LogP contribution in [0.1, 0.15) is 67.0 Å². The molecule has 2 rings (SSSR count). The molecule has 166 valence electrons. The maximum atomic E-state index is 12.0. The summed E-state index contributed by atoms with van der Waals surface area (Å²) >= 11 is 1.38. The Labute approximate surface area is 196 Å². The molecular weight excluding hydrogens is 501 g/mol. The molecule has 1 aromatic heterocycles. The van der Waals surface area contributed by atoms with E-state index in [1.54, 1.807) is 7.05 Å². The van der Waals surface area contributed by atoms with Gasteiger partial charge in [-0.3, -0.25) is 9.89 Å². The van der Waals surface area contributed by atoms with Crippen LogP contribution in [0.2, 0.25) is 0 Å². The van der Waals surface area contributed by atoms with Gasteiger partial charge in [-0.05, 0) is 46.1 Å². The first-order chi connectivity index (χ1) is 13.3. The number of nitrogens with zero attached hydrogens (tertiary/aromatic N) is 3. The van der Waals surface area contributed by atoms with Crippen molar-refractivity contribution in [3.63, 3.8) is 0 Å². The summed E-state index contributed by atoms with van der Waals surface area (Å²) in [7, 11) is 1.78. The van der Waals surface area contributed by atoms with E-state index >= 15 is 0 Å². The Morgan fingerprint density at radius 3 is 2.76 bits per heavy atom. The number of nitrogens with one attached hydrogen (secondary N) is 2. The van der Waals surface area contributed by atoms with Crippen molar-refractivity contribution in [3.05, 3.63) is 15.6 Å². The molecule has 1 aliphatic rings. The fraction of sp³-hybridized carbons (Fsp3) is 0.750. The van der Waals surface area contributed by atoms with E-state index in [2.05, 4.69) is 39.4 Å². The van der Waals surface area contributed by atoms with Crippen molar-refractivity contribution in [2.24, 2.45) is 10.9 Å². The van der Waals surface area contributed by atoms with E-state index in [1.165, 1.54) is 30.7 Å². The normalized spacial score (nSPS) is 18.4. The molecule has 0 bridgehead atoms. The van der Waals surface area contributed by atoms with Crippen LogP contribution in [0.25, 0.3) is 0 Å². The highest BCUT2D eigenvalue weighted by atomic mass is 127. The van der Waals surface area contributed by atoms with Crippen LogP contribution in [0.5, 0.6) is 0 Å². The van der Waals surface area contributed by atoms with Gasteiger partial charge >= 0.3 is 5.97 Å². The van der Waals surface area contributed by atoms with Crippen LogP contribution < -0.4 is 10.6 Å². The van der Waals surface area contributed by atoms with Crippen LogP contribution in [0, 0.1) is 12.8 Å². The number of halogens is 1. The molecule has 2 atom stereocenters. The summed E-state index contributed by atoms with van der Waals surface area (Å²) in [6.45, 7) is 13.8. The fourth-order valence-corrected chi connectivity index (χ4v) is 4.46. The highest BCUT2D eigenvalue weighted by Gasteiger charge is 2.25. The van der Waals surface area contributed by atoms with Crippen LogP contribution in [-0.2, 0) is 4.74 Å². The van der Waals surface area contributed by atoms with Gasteiger partial charge in [0.25, 0.3) is 0 Å². The molecule has 0 aliphatic carbocycles. The van der Waals surface area contributed by atoms with Crippen molar-refractivity contribution in [2.45, 2.75) is 59.5 Å². The molecule has 1 saturated heterocycles. The number of aliphatic imine (C=N–C) groups is 1. The molecular formula is C20H36IN5O2S. The zero-order valence-electron chi connectivity index (χ0n) is 18.4. The minimum absolute atomic E-state index is 0. The zero-order chi connectivity index (χ0) is 20.7. The number of carbonyl (C=O) groups is 1. The molecule has 1 fully saturated rings. The molecule has 7 nitrogen and oxygen atoms in total. The van der Waals surface area contributed by atoms with Gasteiger partial charge in [0.05, 0.1) is 18.3 Å². The number of carbonyl (C=O) groups excluding carboxylic acids is 1. The molecule has 0 radical (unpaired) electrons. The first-order valence-electron chi connectivity index (χ1n) is 10.2. The number of thiazole rings is 1. The smallest absolute Gasteiger partial charge is 0.350 e. The van der Waals surface area contributed by atoms with Crippen molar-refractivity contribution >= 4 is 47.2 Å². The summed E-state index contributed by atoms with van der Waals surface area (Å²) < 4.78 is 5.11. The lowest BCUT2D eigenvalue weighted by Gasteiger charge is -2.27. The number of hydrogen-bond donors (Lipinski definition) is 2. The number of guanidine groups is 1. The predicted octanol–water partition coefficient (Wildman–Crippen LogP) is 3.59. The number of aromatic nitrogens is 1. The number of rotatable bonds is 8. The summed E-state index contributed by atoms with van der Waals surface area (Å²) in [5.41, 5.74) is 0.713. The second kappa shape index (κ2) is 12.7. The summed E-state index contributed by atoms with van der Waals surface area (Å²) in [6.07, 6.45) is 2.48. The molecule has 1 unspecified atom stereocenters. The first-order valence-corrected chi connectivity index (χ1v) is 11.0. The second-order valence-electron chi connectivity index (χ2n) is 7.69. The fourth-order valence-electron chi connectivity index (χ4n) is 3.50. The Kier molecular flexibility index (Phi) is 11.4. The Hall–Kier alpha value is -0.940. The van der Waals surface area contributed by atoms with Gasteiger partial charge in [0.1, 0.15) is 9.88 Å². The summed E-state index contributed by atoms with van der Waals surface area (Å²) in [4.78, 5) is 24.1. The molecule has 1 aliphatic heterocycles. The van der Waals surface area contributed by atoms with Crippen molar-refractivity contribution in [1.82, 2.24) is 20.5 Å². The quantitative estimate of drug-likeness (QED) is 0.229. The molecule has 0 saturated carbocycles. The molecule has 2 heterocycles. The van der Waals surface area contributed by atoms with Gasteiger partial charge in [0.15, 0.2) is 5.96 Å². The number of esters is 1. The monoisotopic (exact) mass is 537 g/mol. The van der Waals surface area contributed by atoms with Crippen molar-refractivity contribution < 1.29 is 9.53 Å².